The first-order valence-corrected chi connectivity index (χ1v) is 6.16. The number of hydrogen-bond donors (Lipinski definition) is 2. The highest BCUT2D eigenvalue weighted by molar-refractivity contribution is 7.11. The van der Waals surface area contributed by atoms with E-state index in [1.165, 1.54) is 11.5 Å². The van der Waals surface area contributed by atoms with Gasteiger partial charge in [-0.1, -0.05) is 0 Å². The number of aromatic nitrogens is 2. The fourth-order valence-electron chi connectivity index (χ4n) is 1.17. The molecule has 2 aromatic rings. The van der Waals surface area contributed by atoms with Crippen LogP contribution >= 0.6 is 22.9 Å². The highest BCUT2D eigenvalue weighted by atomic mass is 32.1. The Morgan fingerprint density at radius 3 is 3.06 bits per heavy atom. The Morgan fingerprint density at radius 1 is 1.62 bits per heavy atom. The van der Waals surface area contributed by atoms with Crippen LogP contribution in [-0.2, 0) is 6.54 Å². The van der Waals surface area contributed by atoms with Crippen LogP contribution in [0.4, 0.5) is 10.8 Å². The maximum Gasteiger partial charge on any atom is 0.157 e. The highest BCUT2D eigenvalue weighted by Crippen LogP contribution is 2.26. The van der Waals surface area contributed by atoms with Crippen LogP contribution in [0.3, 0.4) is 0 Å². The number of rotatable bonds is 3. The molecule has 0 radical (unpaired) electrons. The molecule has 0 bridgehead atoms. The molecule has 0 atom stereocenters. The zero-order chi connectivity index (χ0) is 11.5. The summed E-state index contributed by atoms with van der Waals surface area (Å²) in [6.07, 6.45) is 0. The molecule has 5 nitrogen and oxygen atoms in total. The number of hydrogen-bond acceptors (Lipinski definition) is 7. The lowest BCUT2D eigenvalue weighted by molar-refractivity contribution is 1.08. The van der Waals surface area contributed by atoms with Gasteiger partial charge in [0.25, 0.3) is 0 Å². The van der Waals surface area contributed by atoms with E-state index in [1.54, 1.807) is 11.3 Å². The molecule has 0 saturated carbocycles. The summed E-state index contributed by atoms with van der Waals surface area (Å²) in [6.45, 7) is 2.54. The zero-order valence-electron chi connectivity index (χ0n) is 8.52. The lowest BCUT2D eigenvalue weighted by atomic mass is 10.3. The lowest BCUT2D eigenvalue weighted by Gasteiger charge is -1.99. The van der Waals surface area contributed by atoms with Crippen molar-refractivity contribution in [2.45, 2.75) is 13.5 Å². The molecular formula is C9H9N5S2. The number of anilines is 2. The number of nitrogens with one attached hydrogen (secondary N) is 1. The van der Waals surface area contributed by atoms with E-state index in [0.29, 0.717) is 17.1 Å². The third-order valence-corrected chi connectivity index (χ3v) is 3.68. The van der Waals surface area contributed by atoms with Crippen molar-refractivity contribution in [1.82, 2.24) is 9.36 Å². The van der Waals surface area contributed by atoms with Crippen molar-refractivity contribution in [2.75, 3.05) is 11.1 Å². The minimum atomic E-state index is 0.283. The molecular weight excluding hydrogens is 242 g/mol. The van der Waals surface area contributed by atoms with E-state index in [-0.39, 0.29) is 5.82 Å². The number of thiazole rings is 1. The van der Waals surface area contributed by atoms with E-state index < -0.39 is 0 Å². The van der Waals surface area contributed by atoms with Crippen molar-refractivity contribution in [3.8, 4) is 6.07 Å². The van der Waals surface area contributed by atoms with Crippen LogP contribution in [0.15, 0.2) is 5.38 Å². The van der Waals surface area contributed by atoms with Gasteiger partial charge in [-0.05, 0) is 18.5 Å². The van der Waals surface area contributed by atoms with E-state index in [2.05, 4.69) is 14.7 Å². The maximum atomic E-state index is 8.87. The minimum Gasteiger partial charge on any atom is -0.382 e. The summed E-state index contributed by atoms with van der Waals surface area (Å²) in [5.74, 6) is 0.283. The van der Waals surface area contributed by atoms with Gasteiger partial charge >= 0.3 is 0 Å². The lowest BCUT2D eigenvalue weighted by Crippen LogP contribution is -1.99. The Morgan fingerprint density at radius 2 is 2.44 bits per heavy atom. The number of nitrogen functional groups attached to an aromatic ring is 1. The molecule has 0 amide bonds. The third-order valence-electron chi connectivity index (χ3n) is 1.90. The van der Waals surface area contributed by atoms with Gasteiger partial charge < -0.3 is 11.1 Å². The Kier molecular flexibility index (Phi) is 3.03. The van der Waals surface area contributed by atoms with Crippen LogP contribution in [-0.4, -0.2) is 9.36 Å². The van der Waals surface area contributed by atoms with Crippen LogP contribution in [0.2, 0.25) is 0 Å². The van der Waals surface area contributed by atoms with Crippen LogP contribution in [0.5, 0.6) is 0 Å². The van der Waals surface area contributed by atoms with Gasteiger partial charge in [-0.25, -0.2) is 4.98 Å². The fraction of sp³-hybridized carbons (Fsp3) is 0.222. The second-order valence-electron chi connectivity index (χ2n) is 3.12. The van der Waals surface area contributed by atoms with Crippen LogP contribution < -0.4 is 11.1 Å². The topological polar surface area (TPSA) is 87.6 Å². The van der Waals surface area contributed by atoms with Gasteiger partial charge in [-0.3, -0.25) is 0 Å². The predicted octanol–water partition coefficient (Wildman–Crippen LogP) is 1.97. The summed E-state index contributed by atoms with van der Waals surface area (Å²) in [7, 11) is 0. The van der Waals surface area contributed by atoms with Crippen molar-refractivity contribution >= 4 is 33.7 Å². The average molecular weight is 251 g/mol. The number of nitrogens with zero attached hydrogens (tertiary/aromatic N) is 3. The monoisotopic (exact) mass is 251 g/mol. The Bertz CT molecular complexity index is 536. The third kappa shape index (κ3) is 2.13. The first-order chi connectivity index (χ1) is 7.70. The standard InChI is InChI=1S/C9H9N5S2/c1-5-4-15-7(13-5)3-12-9-6(2-10)8(11)14-16-9/h4,12H,3H2,1H3,(H2,11,14). The first kappa shape index (κ1) is 10.9. The first-order valence-electron chi connectivity index (χ1n) is 4.51. The largest absolute Gasteiger partial charge is 0.382 e. The van der Waals surface area contributed by atoms with Crippen molar-refractivity contribution < 1.29 is 0 Å². The molecule has 2 aromatic heterocycles. The summed E-state index contributed by atoms with van der Waals surface area (Å²) < 4.78 is 3.92. The van der Waals surface area contributed by atoms with Gasteiger partial charge in [0.1, 0.15) is 21.6 Å². The SMILES string of the molecule is Cc1csc(CNc2snc(N)c2C#N)n1. The molecule has 7 heteroatoms. The fourth-order valence-corrected chi connectivity index (χ4v) is 2.54. The summed E-state index contributed by atoms with van der Waals surface area (Å²) in [5.41, 5.74) is 6.97. The normalized spacial score (nSPS) is 10.0. The van der Waals surface area contributed by atoms with Gasteiger partial charge in [-0.15, -0.1) is 11.3 Å². The van der Waals surface area contributed by atoms with Crippen LogP contribution in [0, 0.1) is 18.3 Å². The van der Waals surface area contributed by atoms with Crippen molar-refractivity contribution in [3.63, 3.8) is 0 Å². The molecule has 82 valence electrons. The molecule has 0 aliphatic rings. The molecule has 0 spiro atoms. The summed E-state index contributed by atoms with van der Waals surface area (Å²) in [6, 6.07) is 2.03. The Hall–Kier alpha value is -1.65. The van der Waals surface area contributed by atoms with Gasteiger partial charge in [-0.2, -0.15) is 9.64 Å². The van der Waals surface area contributed by atoms with Crippen LogP contribution in [0.25, 0.3) is 0 Å². The Balaban J connectivity index is 2.08. The second kappa shape index (κ2) is 4.47. The number of aryl methyl sites for hydroxylation is 1. The molecule has 0 fully saturated rings. The molecule has 3 N–H and O–H groups in total. The van der Waals surface area contributed by atoms with Crippen molar-refractivity contribution in [3.05, 3.63) is 21.6 Å². The summed E-state index contributed by atoms with van der Waals surface area (Å²) in [4.78, 5) is 4.31. The van der Waals surface area contributed by atoms with E-state index in [1.807, 2.05) is 18.4 Å². The van der Waals surface area contributed by atoms with Crippen LogP contribution in [0.1, 0.15) is 16.3 Å². The van der Waals surface area contributed by atoms with E-state index in [0.717, 1.165) is 10.7 Å². The minimum absolute atomic E-state index is 0.283. The molecule has 0 aliphatic heterocycles. The smallest absolute Gasteiger partial charge is 0.157 e. The van der Waals surface area contributed by atoms with Crippen molar-refractivity contribution in [1.29, 1.82) is 5.26 Å². The predicted molar refractivity (Wildman–Crippen MR) is 65.4 cm³/mol. The molecule has 0 unspecified atom stereocenters. The van der Waals surface area contributed by atoms with E-state index >= 15 is 0 Å². The maximum absolute atomic E-state index is 8.87. The van der Waals surface area contributed by atoms with E-state index in [9.17, 15) is 0 Å². The van der Waals surface area contributed by atoms with Gasteiger partial charge in [0.15, 0.2) is 5.82 Å². The highest BCUT2D eigenvalue weighted by Gasteiger charge is 2.10. The molecule has 16 heavy (non-hydrogen) atoms. The molecule has 0 saturated heterocycles. The number of nitrogens with two attached hydrogens (primary N) is 1. The molecule has 0 aromatic carbocycles. The zero-order valence-corrected chi connectivity index (χ0v) is 10.2. The van der Waals surface area contributed by atoms with E-state index in [4.69, 9.17) is 11.0 Å². The summed E-state index contributed by atoms with van der Waals surface area (Å²) >= 11 is 2.78. The average Bonchev–Trinajstić information content (AvgIpc) is 2.82. The van der Waals surface area contributed by atoms with Gasteiger partial charge in [0, 0.05) is 11.1 Å². The second-order valence-corrected chi connectivity index (χ2v) is 4.84. The Labute approximate surface area is 101 Å². The van der Waals surface area contributed by atoms with Gasteiger partial charge in [0.05, 0.1) is 6.54 Å². The molecule has 2 heterocycles. The summed E-state index contributed by atoms with van der Waals surface area (Å²) in [5, 5.41) is 15.7. The molecule has 2 rings (SSSR count). The molecule has 0 aliphatic carbocycles. The van der Waals surface area contributed by atoms with Gasteiger partial charge in [0.2, 0.25) is 0 Å². The van der Waals surface area contributed by atoms with Crippen molar-refractivity contribution in [2.24, 2.45) is 0 Å². The number of nitriles is 1. The quantitative estimate of drug-likeness (QED) is 0.870.